The van der Waals surface area contributed by atoms with Crippen molar-refractivity contribution in [3.05, 3.63) is 95.1 Å². The Hall–Kier alpha value is -2.95. The summed E-state index contributed by atoms with van der Waals surface area (Å²) in [5.74, 6) is -0.241. The average molecular weight is 457 g/mol. The fraction of sp³-hybridized carbons (Fsp3) is 0.367. The van der Waals surface area contributed by atoms with E-state index in [1.165, 1.54) is 29.5 Å². The van der Waals surface area contributed by atoms with Gasteiger partial charge in [-0.1, -0.05) is 67.6 Å². The van der Waals surface area contributed by atoms with Crippen molar-refractivity contribution in [3.8, 4) is 11.1 Å². The number of carbonyl (C=O) groups excluding carboxylic acids is 1. The molecule has 0 aliphatic heterocycles. The molecule has 2 atom stereocenters. The number of nitrogens with one attached hydrogen (secondary N) is 2. The Labute approximate surface area is 203 Å². The van der Waals surface area contributed by atoms with Crippen LogP contribution in [0, 0.1) is 0 Å². The lowest BCUT2D eigenvalue weighted by atomic mass is 9.84. The molecule has 34 heavy (non-hydrogen) atoms. The van der Waals surface area contributed by atoms with Crippen LogP contribution in [0.3, 0.4) is 0 Å². The maximum absolute atomic E-state index is 12.6. The van der Waals surface area contributed by atoms with Gasteiger partial charge in [0.05, 0.1) is 0 Å². The number of hydrogen-bond acceptors (Lipinski definition) is 3. The minimum atomic E-state index is -0.844. The topological polar surface area (TPSA) is 61.4 Å². The predicted octanol–water partition coefficient (Wildman–Crippen LogP) is 5.28. The van der Waals surface area contributed by atoms with Crippen LogP contribution in [-0.2, 0) is 19.3 Å². The molecule has 0 aromatic heterocycles. The van der Waals surface area contributed by atoms with Crippen molar-refractivity contribution in [1.29, 1.82) is 0 Å². The molecule has 0 fully saturated rings. The first-order chi connectivity index (χ1) is 16.6. The molecule has 0 heterocycles. The summed E-state index contributed by atoms with van der Waals surface area (Å²) in [6.45, 7) is 3.29. The number of benzene rings is 3. The SMILES string of the molecule is CCCN[C@H]1CCc2c(CCCC(O)NC(=O)c3ccc(-c4ccccc4)cc3)cccc2C1. The molecular weight excluding hydrogens is 420 g/mol. The van der Waals surface area contributed by atoms with E-state index in [4.69, 9.17) is 0 Å². The van der Waals surface area contributed by atoms with Gasteiger partial charge in [-0.2, -0.15) is 0 Å². The van der Waals surface area contributed by atoms with Gasteiger partial charge in [-0.15, -0.1) is 0 Å². The molecule has 4 rings (SSSR count). The first-order valence-corrected chi connectivity index (χ1v) is 12.6. The molecule has 0 radical (unpaired) electrons. The lowest BCUT2D eigenvalue weighted by Gasteiger charge is -2.27. The van der Waals surface area contributed by atoms with Crippen LogP contribution in [0.5, 0.6) is 0 Å². The minimum absolute atomic E-state index is 0.241. The van der Waals surface area contributed by atoms with E-state index in [0.717, 1.165) is 43.4 Å². The van der Waals surface area contributed by atoms with E-state index in [9.17, 15) is 9.90 Å². The van der Waals surface area contributed by atoms with Gasteiger partial charge in [0.25, 0.3) is 5.91 Å². The van der Waals surface area contributed by atoms with Crippen LogP contribution in [0.15, 0.2) is 72.8 Å². The molecule has 4 nitrogen and oxygen atoms in total. The molecule has 0 spiro atoms. The van der Waals surface area contributed by atoms with Crippen molar-refractivity contribution in [2.75, 3.05) is 6.54 Å². The standard InChI is InChI=1S/C30H36N2O2/c1-2-20-31-27-18-19-28-24(10-6-12-26(28)21-27)11-7-13-29(33)32-30(34)25-16-14-23(15-17-25)22-8-4-3-5-9-22/h3-6,8-10,12,14-17,27,29,31,33H,2,7,11,13,18-21H2,1H3,(H,32,34)/t27-,29?/m0/s1. The number of amides is 1. The molecular formula is C30H36N2O2. The summed E-state index contributed by atoms with van der Waals surface area (Å²) in [7, 11) is 0. The van der Waals surface area contributed by atoms with Gasteiger partial charge in [-0.25, -0.2) is 0 Å². The quantitative estimate of drug-likeness (QED) is 0.364. The Kier molecular flexibility index (Phi) is 8.51. The van der Waals surface area contributed by atoms with Crippen molar-refractivity contribution in [2.24, 2.45) is 0 Å². The summed E-state index contributed by atoms with van der Waals surface area (Å²) in [6.07, 6.45) is 6.03. The Morgan fingerprint density at radius 2 is 1.76 bits per heavy atom. The summed E-state index contributed by atoms with van der Waals surface area (Å²) in [5.41, 5.74) is 7.09. The van der Waals surface area contributed by atoms with Gasteiger partial charge < -0.3 is 15.7 Å². The Balaban J connectivity index is 1.26. The lowest BCUT2D eigenvalue weighted by molar-refractivity contribution is 0.0760. The van der Waals surface area contributed by atoms with Gasteiger partial charge in [0, 0.05) is 11.6 Å². The van der Waals surface area contributed by atoms with E-state index < -0.39 is 6.23 Å². The van der Waals surface area contributed by atoms with Crippen molar-refractivity contribution in [3.63, 3.8) is 0 Å². The highest BCUT2D eigenvalue weighted by Crippen LogP contribution is 2.26. The molecule has 0 saturated heterocycles. The summed E-state index contributed by atoms with van der Waals surface area (Å²) >= 11 is 0. The Morgan fingerprint density at radius 1 is 1.00 bits per heavy atom. The predicted molar refractivity (Wildman–Crippen MR) is 139 cm³/mol. The fourth-order valence-electron chi connectivity index (χ4n) is 4.88. The van der Waals surface area contributed by atoms with E-state index in [-0.39, 0.29) is 5.91 Å². The summed E-state index contributed by atoms with van der Waals surface area (Å²) < 4.78 is 0. The molecule has 3 aromatic rings. The second-order valence-corrected chi connectivity index (χ2v) is 9.27. The van der Waals surface area contributed by atoms with Crippen LogP contribution in [0.25, 0.3) is 11.1 Å². The maximum atomic E-state index is 12.6. The van der Waals surface area contributed by atoms with E-state index in [1.807, 2.05) is 54.6 Å². The molecule has 0 saturated carbocycles. The Morgan fingerprint density at radius 3 is 2.53 bits per heavy atom. The highest BCUT2D eigenvalue weighted by molar-refractivity contribution is 5.94. The molecule has 3 N–H and O–H groups in total. The summed E-state index contributed by atoms with van der Waals surface area (Å²) in [6, 6.07) is 24.8. The van der Waals surface area contributed by atoms with Crippen LogP contribution in [0.4, 0.5) is 0 Å². The maximum Gasteiger partial charge on any atom is 0.253 e. The molecule has 4 heteroatoms. The monoisotopic (exact) mass is 456 g/mol. The molecule has 0 bridgehead atoms. The third-order valence-electron chi connectivity index (χ3n) is 6.74. The summed E-state index contributed by atoms with van der Waals surface area (Å²) in [5, 5.41) is 16.8. The first-order valence-electron chi connectivity index (χ1n) is 12.6. The average Bonchev–Trinajstić information content (AvgIpc) is 2.88. The Bertz CT molecular complexity index is 1060. The molecule has 1 unspecified atom stereocenters. The molecule has 1 amide bonds. The highest BCUT2D eigenvalue weighted by atomic mass is 16.3. The number of carbonyl (C=O) groups is 1. The van der Waals surface area contributed by atoms with Crippen molar-refractivity contribution in [1.82, 2.24) is 10.6 Å². The normalized spacial score (nSPS) is 16.0. The van der Waals surface area contributed by atoms with Crippen molar-refractivity contribution < 1.29 is 9.90 Å². The van der Waals surface area contributed by atoms with Gasteiger partial charge in [0.15, 0.2) is 0 Å². The largest absolute Gasteiger partial charge is 0.374 e. The van der Waals surface area contributed by atoms with Gasteiger partial charge in [-0.05, 0) is 91.4 Å². The van der Waals surface area contributed by atoms with Gasteiger partial charge in [0.2, 0.25) is 0 Å². The van der Waals surface area contributed by atoms with Gasteiger partial charge in [0.1, 0.15) is 6.23 Å². The third-order valence-corrected chi connectivity index (χ3v) is 6.74. The second-order valence-electron chi connectivity index (χ2n) is 9.27. The van der Waals surface area contributed by atoms with Crippen LogP contribution >= 0.6 is 0 Å². The zero-order valence-corrected chi connectivity index (χ0v) is 20.1. The summed E-state index contributed by atoms with van der Waals surface area (Å²) in [4.78, 5) is 12.6. The van der Waals surface area contributed by atoms with E-state index in [2.05, 4.69) is 35.8 Å². The van der Waals surface area contributed by atoms with Gasteiger partial charge >= 0.3 is 0 Å². The van der Waals surface area contributed by atoms with Crippen LogP contribution in [-0.4, -0.2) is 29.8 Å². The third kappa shape index (κ3) is 6.34. The number of aliphatic hydroxyl groups excluding tert-OH is 1. The smallest absolute Gasteiger partial charge is 0.253 e. The van der Waals surface area contributed by atoms with E-state index in [1.54, 1.807) is 0 Å². The van der Waals surface area contributed by atoms with Crippen LogP contribution < -0.4 is 10.6 Å². The van der Waals surface area contributed by atoms with Crippen LogP contribution in [0.1, 0.15) is 59.7 Å². The molecule has 1 aliphatic carbocycles. The number of hydrogen-bond donors (Lipinski definition) is 3. The van der Waals surface area contributed by atoms with E-state index in [0.29, 0.717) is 18.0 Å². The molecule has 1 aliphatic rings. The zero-order valence-electron chi connectivity index (χ0n) is 20.1. The number of aliphatic hydroxyl groups is 1. The fourth-order valence-corrected chi connectivity index (χ4v) is 4.88. The number of rotatable bonds is 10. The minimum Gasteiger partial charge on any atom is -0.374 e. The molecule has 3 aromatic carbocycles. The van der Waals surface area contributed by atoms with Crippen molar-refractivity contribution >= 4 is 5.91 Å². The lowest BCUT2D eigenvalue weighted by Crippen LogP contribution is -2.35. The second kappa shape index (κ2) is 12.0. The van der Waals surface area contributed by atoms with Crippen molar-refractivity contribution in [2.45, 2.75) is 64.1 Å². The van der Waals surface area contributed by atoms with Crippen LogP contribution in [0.2, 0.25) is 0 Å². The number of aryl methyl sites for hydroxylation is 1. The first kappa shape index (κ1) is 24.2. The zero-order chi connectivity index (χ0) is 23.8. The highest BCUT2D eigenvalue weighted by Gasteiger charge is 2.20. The molecule has 178 valence electrons. The van der Waals surface area contributed by atoms with Gasteiger partial charge in [-0.3, -0.25) is 4.79 Å². The van der Waals surface area contributed by atoms with E-state index >= 15 is 0 Å². The number of fused-ring (bicyclic) bond motifs is 1.